The molecule has 0 N–H and O–H groups in total. The molecular formula is C26H42O. The van der Waals surface area contributed by atoms with Gasteiger partial charge in [-0.2, -0.15) is 0 Å². The van der Waals surface area contributed by atoms with Crippen LogP contribution in [0.1, 0.15) is 109 Å². The van der Waals surface area contributed by atoms with Gasteiger partial charge < -0.3 is 4.74 Å². The molecule has 0 aliphatic heterocycles. The minimum absolute atomic E-state index is 0.784. The van der Waals surface area contributed by atoms with Gasteiger partial charge in [-0.15, -0.1) is 0 Å². The third-order valence-corrected chi connectivity index (χ3v) is 7.41. The fourth-order valence-corrected chi connectivity index (χ4v) is 5.54. The normalized spacial score (nSPS) is 28.8. The molecule has 1 nitrogen and oxygen atoms in total. The molecule has 0 heterocycles. The summed E-state index contributed by atoms with van der Waals surface area (Å²) in [4.78, 5) is 0. The van der Waals surface area contributed by atoms with Crippen LogP contribution in [0.2, 0.25) is 0 Å². The molecule has 1 heteroatoms. The van der Waals surface area contributed by atoms with Gasteiger partial charge in [-0.1, -0.05) is 64.5 Å². The van der Waals surface area contributed by atoms with Crippen LogP contribution in [0.3, 0.4) is 0 Å². The Labute approximate surface area is 168 Å². The Kier molecular flexibility index (Phi) is 8.55. The Bertz CT molecular complexity index is 504. The van der Waals surface area contributed by atoms with E-state index in [1.165, 1.54) is 77.0 Å². The van der Waals surface area contributed by atoms with Gasteiger partial charge in [0.25, 0.3) is 0 Å². The molecule has 2 aliphatic rings. The number of unbranched alkanes of at least 4 members (excludes halogenated alkanes) is 2. The molecule has 0 spiro atoms. The first-order valence-corrected chi connectivity index (χ1v) is 12.0. The van der Waals surface area contributed by atoms with Crippen molar-refractivity contribution >= 4 is 0 Å². The molecule has 0 saturated heterocycles. The topological polar surface area (TPSA) is 9.23 Å². The lowest BCUT2D eigenvalue weighted by atomic mass is 9.68. The Morgan fingerprint density at radius 3 is 1.93 bits per heavy atom. The minimum atomic E-state index is 0.784. The molecule has 0 bridgehead atoms. The molecule has 1 aromatic carbocycles. The van der Waals surface area contributed by atoms with Crippen molar-refractivity contribution in [3.8, 4) is 5.75 Å². The first kappa shape index (κ1) is 20.7. The van der Waals surface area contributed by atoms with Crippen LogP contribution in [0.5, 0.6) is 5.75 Å². The van der Waals surface area contributed by atoms with E-state index in [2.05, 4.69) is 38.1 Å². The molecule has 152 valence electrons. The second kappa shape index (κ2) is 11.1. The van der Waals surface area contributed by atoms with Crippen LogP contribution in [-0.2, 0) is 0 Å². The summed E-state index contributed by atoms with van der Waals surface area (Å²) in [6.45, 7) is 5.39. The maximum atomic E-state index is 5.82. The van der Waals surface area contributed by atoms with Gasteiger partial charge in [0.15, 0.2) is 0 Å². The second-order valence-corrected chi connectivity index (χ2v) is 9.31. The molecule has 2 fully saturated rings. The molecule has 2 saturated carbocycles. The Balaban J connectivity index is 1.40. The van der Waals surface area contributed by atoms with Gasteiger partial charge in [0.1, 0.15) is 5.75 Å². The Morgan fingerprint density at radius 2 is 1.33 bits per heavy atom. The van der Waals surface area contributed by atoms with E-state index in [-0.39, 0.29) is 0 Å². The third kappa shape index (κ3) is 6.26. The lowest BCUT2D eigenvalue weighted by molar-refractivity contribution is 0.156. The summed E-state index contributed by atoms with van der Waals surface area (Å²) in [6, 6.07) is 9.03. The lowest BCUT2D eigenvalue weighted by Crippen LogP contribution is -2.25. The van der Waals surface area contributed by atoms with Crippen molar-refractivity contribution in [2.45, 2.75) is 103 Å². The molecule has 0 amide bonds. The van der Waals surface area contributed by atoms with E-state index in [1.807, 2.05) is 0 Å². The van der Waals surface area contributed by atoms with Crippen molar-refractivity contribution in [2.75, 3.05) is 6.61 Å². The third-order valence-electron chi connectivity index (χ3n) is 7.41. The van der Waals surface area contributed by atoms with E-state index in [1.54, 1.807) is 5.56 Å². The van der Waals surface area contributed by atoms with Crippen molar-refractivity contribution in [2.24, 2.45) is 17.8 Å². The molecule has 27 heavy (non-hydrogen) atoms. The number of hydrogen-bond donors (Lipinski definition) is 0. The first-order chi connectivity index (χ1) is 13.3. The largest absolute Gasteiger partial charge is 0.494 e. The highest BCUT2D eigenvalue weighted by molar-refractivity contribution is 5.29. The standard InChI is InChI=1S/C26H42O/c1-3-5-7-21-8-10-22(11-9-21)23-12-14-24(15-13-23)25-16-18-26(19-17-25)27-20-6-4-2/h16-19,21-24H,3-15,20H2,1-2H3. The van der Waals surface area contributed by atoms with Gasteiger partial charge in [0.2, 0.25) is 0 Å². The molecule has 0 radical (unpaired) electrons. The number of benzene rings is 1. The van der Waals surface area contributed by atoms with Crippen molar-refractivity contribution in [1.29, 1.82) is 0 Å². The summed E-state index contributed by atoms with van der Waals surface area (Å²) < 4.78 is 5.82. The van der Waals surface area contributed by atoms with Gasteiger partial charge in [-0.25, -0.2) is 0 Å². The zero-order valence-corrected chi connectivity index (χ0v) is 17.9. The molecule has 2 aliphatic carbocycles. The molecule has 0 unspecified atom stereocenters. The van der Waals surface area contributed by atoms with E-state index in [0.29, 0.717) is 0 Å². The number of ether oxygens (including phenoxy) is 1. The summed E-state index contributed by atoms with van der Waals surface area (Å²) in [5.74, 6) is 4.94. The maximum absolute atomic E-state index is 5.82. The molecule has 0 aromatic heterocycles. The van der Waals surface area contributed by atoms with Crippen molar-refractivity contribution in [3.63, 3.8) is 0 Å². The lowest BCUT2D eigenvalue weighted by Gasteiger charge is -2.38. The predicted molar refractivity (Wildman–Crippen MR) is 117 cm³/mol. The summed E-state index contributed by atoms with van der Waals surface area (Å²) in [5.41, 5.74) is 1.54. The van der Waals surface area contributed by atoms with Crippen molar-refractivity contribution in [3.05, 3.63) is 29.8 Å². The zero-order chi connectivity index (χ0) is 18.9. The average molecular weight is 371 g/mol. The maximum Gasteiger partial charge on any atom is 0.119 e. The van der Waals surface area contributed by atoms with E-state index in [9.17, 15) is 0 Å². The van der Waals surface area contributed by atoms with Gasteiger partial charge >= 0.3 is 0 Å². The second-order valence-electron chi connectivity index (χ2n) is 9.31. The smallest absolute Gasteiger partial charge is 0.119 e. The monoisotopic (exact) mass is 370 g/mol. The predicted octanol–water partition coefficient (Wildman–Crippen LogP) is 8.14. The van der Waals surface area contributed by atoms with Gasteiger partial charge in [0, 0.05) is 0 Å². The first-order valence-electron chi connectivity index (χ1n) is 12.0. The van der Waals surface area contributed by atoms with Gasteiger partial charge in [-0.3, -0.25) is 0 Å². The van der Waals surface area contributed by atoms with Crippen LogP contribution >= 0.6 is 0 Å². The van der Waals surface area contributed by atoms with Crippen molar-refractivity contribution in [1.82, 2.24) is 0 Å². The highest BCUT2D eigenvalue weighted by Crippen LogP contribution is 2.44. The summed E-state index contributed by atoms with van der Waals surface area (Å²) in [5, 5.41) is 0. The van der Waals surface area contributed by atoms with Crippen LogP contribution in [-0.4, -0.2) is 6.61 Å². The van der Waals surface area contributed by atoms with Crippen LogP contribution in [0.15, 0.2) is 24.3 Å². The van der Waals surface area contributed by atoms with Crippen LogP contribution < -0.4 is 4.74 Å². The minimum Gasteiger partial charge on any atom is -0.494 e. The Hall–Kier alpha value is -0.980. The van der Waals surface area contributed by atoms with Crippen LogP contribution in [0.25, 0.3) is 0 Å². The highest BCUT2D eigenvalue weighted by atomic mass is 16.5. The van der Waals surface area contributed by atoms with Gasteiger partial charge in [-0.05, 0) is 86.3 Å². The fourth-order valence-electron chi connectivity index (χ4n) is 5.54. The molecule has 3 rings (SSSR count). The molecule has 1 aromatic rings. The summed E-state index contributed by atoms with van der Waals surface area (Å²) >= 11 is 0. The fraction of sp³-hybridized carbons (Fsp3) is 0.769. The zero-order valence-electron chi connectivity index (χ0n) is 17.9. The SMILES string of the molecule is CCCCOc1ccc(C2CCC(C3CCC(CCCC)CC3)CC2)cc1. The number of rotatable bonds is 9. The van der Waals surface area contributed by atoms with E-state index >= 15 is 0 Å². The Morgan fingerprint density at radius 1 is 0.741 bits per heavy atom. The van der Waals surface area contributed by atoms with E-state index in [0.717, 1.165) is 42.4 Å². The molecular weight excluding hydrogens is 328 g/mol. The quantitative estimate of drug-likeness (QED) is 0.399. The average Bonchev–Trinajstić information content (AvgIpc) is 2.73. The molecule has 0 atom stereocenters. The van der Waals surface area contributed by atoms with E-state index < -0.39 is 0 Å². The van der Waals surface area contributed by atoms with Crippen LogP contribution in [0.4, 0.5) is 0 Å². The van der Waals surface area contributed by atoms with Crippen molar-refractivity contribution < 1.29 is 4.74 Å². The van der Waals surface area contributed by atoms with Crippen LogP contribution in [0, 0.1) is 17.8 Å². The summed E-state index contributed by atoms with van der Waals surface area (Å²) in [6.07, 6.45) is 18.5. The number of hydrogen-bond acceptors (Lipinski definition) is 1. The van der Waals surface area contributed by atoms with Gasteiger partial charge in [0.05, 0.1) is 6.61 Å². The highest BCUT2D eigenvalue weighted by Gasteiger charge is 2.31. The van der Waals surface area contributed by atoms with E-state index in [4.69, 9.17) is 4.74 Å². The summed E-state index contributed by atoms with van der Waals surface area (Å²) in [7, 11) is 0.